The normalized spacial score (nSPS) is 14.6. The van der Waals surface area contributed by atoms with E-state index >= 15 is 0 Å². The summed E-state index contributed by atoms with van der Waals surface area (Å²) >= 11 is 0. The Morgan fingerprint density at radius 3 is 2.48 bits per heavy atom. The SMILES string of the molecule is COCCNC(=NCc1ccc(CN2CCCC2)cc1)NCCc1ccco1.I. The number of guanidine groups is 1. The first kappa shape index (κ1) is 23.7. The van der Waals surface area contributed by atoms with Gasteiger partial charge in [0.15, 0.2) is 5.96 Å². The minimum absolute atomic E-state index is 0. The summed E-state index contributed by atoms with van der Waals surface area (Å²) in [5, 5.41) is 6.67. The summed E-state index contributed by atoms with van der Waals surface area (Å²) in [6.45, 7) is 6.29. The molecule has 1 aliphatic rings. The lowest BCUT2D eigenvalue weighted by molar-refractivity contribution is 0.203. The van der Waals surface area contributed by atoms with Gasteiger partial charge in [0, 0.05) is 33.2 Å². The van der Waals surface area contributed by atoms with Crippen molar-refractivity contribution in [3.05, 3.63) is 59.5 Å². The summed E-state index contributed by atoms with van der Waals surface area (Å²) in [6, 6.07) is 12.7. The van der Waals surface area contributed by atoms with Gasteiger partial charge in [-0.1, -0.05) is 24.3 Å². The third-order valence-electron chi connectivity index (χ3n) is 4.89. The molecule has 1 aromatic carbocycles. The molecule has 160 valence electrons. The predicted molar refractivity (Wildman–Crippen MR) is 128 cm³/mol. The topological polar surface area (TPSA) is 62.0 Å². The van der Waals surface area contributed by atoms with Crippen LogP contribution >= 0.6 is 24.0 Å². The van der Waals surface area contributed by atoms with Crippen molar-refractivity contribution in [1.82, 2.24) is 15.5 Å². The molecule has 0 bridgehead atoms. The Labute approximate surface area is 191 Å². The fourth-order valence-electron chi connectivity index (χ4n) is 3.32. The Balaban J connectivity index is 0.00000300. The van der Waals surface area contributed by atoms with E-state index in [4.69, 9.17) is 14.1 Å². The molecule has 29 heavy (non-hydrogen) atoms. The molecule has 1 fully saturated rings. The number of hydrogen-bond donors (Lipinski definition) is 2. The Bertz CT molecular complexity index is 698. The predicted octanol–water partition coefficient (Wildman–Crippen LogP) is 3.42. The number of ether oxygens (including phenoxy) is 1. The molecule has 2 heterocycles. The van der Waals surface area contributed by atoms with Crippen LogP contribution < -0.4 is 10.6 Å². The van der Waals surface area contributed by atoms with Crippen LogP contribution in [0.2, 0.25) is 0 Å². The van der Waals surface area contributed by atoms with Crippen molar-refractivity contribution in [2.24, 2.45) is 4.99 Å². The Morgan fingerprint density at radius 2 is 1.79 bits per heavy atom. The number of methoxy groups -OCH3 is 1. The Kier molecular flexibility index (Phi) is 11.1. The molecule has 1 saturated heterocycles. The second kappa shape index (κ2) is 13.6. The minimum atomic E-state index is 0. The van der Waals surface area contributed by atoms with Gasteiger partial charge in [-0.15, -0.1) is 24.0 Å². The second-order valence-electron chi connectivity index (χ2n) is 7.14. The van der Waals surface area contributed by atoms with Crippen LogP contribution in [0.1, 0.15) is 29.7 Å². The maximum Gasteiger partial charge on any atom is 0.191 e. The van der Waals surface area contributed by atoms with Gasteiger partial charge in [-0.3, -0.25) is 4.90 Å². The summed E-state index contributed by atoms with van der Waals surface area (Å²) in [7, 11) is 1.70. The lowest BCUT2D eigenvalue weighted by atomic mass is 10.1. The monoisotopic (exact) mass is 512 g/mol. The van der Waals surface area contributed by atoms with Gasteiger partial charge in [0.25, 0.3) is 0 Å². The van der Waals surface area contributed by atoms with E-state index in [1.165, 1.54) is 37.1 Å². The average Bonchev–Trinajstić information content (AvgIpc) is 3.41. The van der Waals surface area contributed by atoms with Crippen LogP contribution in [0.3, 0.4) is 0 Å². The van der Waals surface area contributed by atoms with Crippen LogP contribution in [0.4, 0.5) is 0 Å². The summed E-state index contributed by atoms with van der Waals surface area (Å²) in [5.74, 6) is 1.77. The molecule has 0 saturated carbocycles. The molecule has 0 amide bonds. The van der Waals surface area contributed by atoms with Crippen molar-refractivity contribution in [2.45, 2.75) is 32.4 Å². The average molecular weight is 512 g/mol. The van der Waals surface area contributed by atoms with Crippen molar-refractivity contribution in [3.8, 4) is 0 Å². The van der Waals surface area contributed by atoms with E-state index in [2.05, 4.69) is 39.8 Å². The highest BCUT2D eigenvalue weighted by atomic mass is 127. The van der Waals surface area contributed by atoms with Gasteiger partial charge in [-0.25, -0.2) is 4.99 Å². The van der Waals surface area contributed by atoms with Crippen LogP contribution in [-0.2, 0) is 24.2 Å². The molecule has 0 aliphatic carbocycles. The fourth-order valence-corrected chi connectivity index (χ4v) is 3.32. The summed E-state index contributed by atoms with van der Waals surface area (Å²) in [6.07, 6.45) is 5.19. The van der Waals surface area contributed by atoms with Crippen molar-refractivity contribution in [2.75, 3.05) is 39.9 Å². The first-order valence-electron chi connectivity index (χ1n) is 10.2. The maximum atomic E-state index is 5.38. The number of rotatable bonds is 10. The number of furan rings is 1. The Hall–Kier alpha value is -1.58. The summed E-state index contributed by atoms with van der Waals surface area (Å²) < 4.78 is 10.5. The maximum absolute atomic E-state index is 5.38. The van der Waals surface area contributed by atoms with Crippen LogP contribution in [0.5, 0.6) is 0 Å². The summed E-state index contributed by atoms with van der Waals surface area (Å²) in [4.78, 5) is 7.24. The molecule has 1 aliphatic heterocycles. The largest absolute Gasteiger partial charge is 0.469 e. The van der Waals surface area contributed by atoms with Crippen molar-refractivity contribution in [1.29, 1.82) is 0 Å². The fraction of sp³-hybridized carbons (Fsp3) is 0.500. The number of aliphatic imine (C=N–C) groups is 1. The standard InChI is InChI=1S/C22H32N4O2.HI/c1-27-16-12-24-22(23-11-10-21-5-4-15-28-21)25-17-19-6-8-20(9-7-19)18-26-13-2-3-14-26;/h4-9,15H,2-3,10-14,16-18H2,1H3,(H2,23,24,25);1H. The third-order valence-corrected chi connectivity index (χ3v) is 4.89. The molecule has 0 atom stereocenters. The van der Waals surface area contributed by atoms with E-state index in [9.17, 15) is 0 Å². The van der Waals surface area contributed by atoms with Crippen molar-refractivity contribution in [3.63, 3.8) is 0 Å². The van der Waals surface area contributed by atoms with E-state index in [0.717, 1.165) is 37.8 Å². The minimum Gasteiger partial charge on any atom is -0.469 e. The van der Waals surface area contributed by atoms with Gasteiger partial charge in [-0.2, -0.15) is 0 Å². The summed E-state index contributed by atoms with van der Waals surface area (Å²) in [5.41, 5.74) is 2.59. The molecule has 0 spiro atoms. The lowest BCUT2D eigenvalue weighted by Crippen LogP contribution is -2.40. The number of halogens is 1. The molecule has 1 aromatic heterocycles. The van der Waals surface area contributed by atoms with Gasteiger partial charge in [-0.05, 0) is 49.2 Å². The molecule has 2 aromatic rings. The highest BCUT2D eigenvalue weighted by molar-refractivity contribution is 14.0. The zero-order valence-electron chi connectivity index (χ0n) is 17.2. The third kappa shape index (κ3) is 8.76. The molecule has 0 unspecified atom stereocenters. The molecular weight excluding hydrogens is 479 g/mol. The molecule has 7 heteroatoms. The van der Waals surface area contributed by atoms with E-state index < -0.39 is 0 Å². The first-order valence-corrected chi connectivity index (χ1v) is 10.2. The Morgan fingerprint density at radius 1 is 1.07 bits per heavy atom. The lowest BCUT2D eigenvalue weighted by Gasteiger charge is -2.14. The smallest absolute Gasteiger partial charge is 0.191 e. The number of nitrogens with zero attached hydrogens (tertiary/aromatic N) is 2. The van der Waals surface area contributed by atoms with Crippen LogP contribution in [0.25, 0.3) is 0 Å². The molecule has 2 N–H and O–H groups in total. The van der Waals surface area contributed by atoms with E-state index in [1.807, 2.05) is 12.1 Å². The second-order valence-corrected chi connectivity index (χ2v) is 7.14. The highest BCUT2D eigenvalue weighted by Gasteiger charge is 2.11. The van der Waals surface area contributed by atoms with Crippen molar-refractivity contribution < 1.29 is 9.15 Å². The van der Waals surface area contributed by atoms with Gasteiger partial charge < -0.3 is 19.8 Å². The number of hydrogen-bond acceptors (Lipinski definition) is 4. The molecule has 3 rings (SSSR count). The molecular formula is C22H33IN4O2. The van der Waals surface area contributed by atoms with Crippen LogP contribution in [-0.4, -0.2) is 50.8 Å². The zero-order valence-corrected chi connectivity index (χ0v) is 19.6. The van der Waals surface area contributed by atoms with Gasteiger partial charge in [0.1, 0.15) is 5.76 Å². The quantitative estimate of drug-likeness (QED) is 0.221. The van der Waals surface area contributed by atoms with E-state index in [1.54, 1.807) is 13.4 Å². The number of benzene rings is 1. The van der Waals surface area contributed by atoms with Crippen LogP contribution in [0, 0.1) is 0 Å². The number of nitrogens with one attached hydrogen (secondary N) is 2. The van der Waals surface area contributed by atoms with Gasteiger partial charge in [0.2, 0.25) is 0 Å². The number of likely N-dealkylation sites (tertiary alicyclic amines) is 1. The van der Waals surface area contributed by atoms with Gasteiger partial charge in [0.05, 0.1) is 19.4 Å². The highest BCUT2D eigenvalue weighted by Crippen LogP contribution is 2.13. The van der Waals surface area contributed by atoms with Gasteiger partial charge >= 0.3 is 0 Å². The van der Waals surface area contributed by atoms with Crippen LogP contribution in [0.15, 0.2) is 52.1 Å². The molecule has 6 nitrogen and oxygen atoms in total. The van der Waals surface area contributed by atoms with E-state index in [-0.39, 0.29) is 24.0 Å². The van der Waals surface area contributed by atoms with E-state index in [0.29, 0.717) is 13.2 Å². The molecule has 0 radical (unpaired) electrons. The van der Waals surface area contributed by atoms with Crippen molar-refractivity contribution >= 4 is 29.9 Å². The first-order chi connectivity index (χ1) is 13.8. The zero-order chi connectivity index (χ0) is 19.4.